The lowest BCUT2D eigenvalue weighted by molar-refractivity contribution is 0.106. The van der Waals surface area contributed by atoms with Gasteiger partial charge in [-0.05, 0) is 44.9 Å². The molecule has 2 rings (SSSR count). The van der Waals surface area contributed by atoms with Gasteiger partial charge in [0.1, 0.15) is 0 Å². The zero-order valence-electron chi connectivity index (χ0n) is 12.9. The Morgan fingerprint density at radius 2 is 2.20 bits per heavy atom. The van der Waals surface area contributed by atoms with Gasteiger partial charge in [0.25, 0.3) is 0 Å². The molecular weight excluding hydrogens is 365 g/mol. The van der Waals surface area contributed by atoms with Crippen molar-refractivity contribution in [3.8, 4) is 0 Å². The minimum absolute atomic E-state index is 0. The number of nitrogens with zero attached hydrogens (tertiary/aromatic N) is 2. The van der Waals surface area contributed by atoms with E-state index in [0.717, 1.165) is 51.1 Å². The highest BCUT2D eigenvalue weighted by Gasteiger charge is 2.19. The lowest BCUT2D eigenvalue weighted by Crippen LogP contribution is -2.46. The third-order valence-corrected chi connectivity index (χ3v) is 4.03. The van der Waals surface area contributed by atoms with E-state index < -0.39 is 0 Å². The second kappa shape index (κ2) is 9.82. The van der Waals surface area contributed by atoms with Gasteiger partial charge >= 0.3 is 0 Å². The van der Waals surface area contributed by atoms with Crippen LogP contribution in [0.1, 0.15) is 46.0 Å². The van der Waals surface area contributed by atoms with Crippen molar-refractivity contribution >= 4 is 29.9 Å². The lowest BCUT2D eigenvalue weighted by Gasteiger charge is -2.33. The van der Waals surface area contributed by atoms with E-state index in [0.29, 0.717) is 6.10 Å². The summed E-state index contributed by atoms with van der Waals surface area (Å²) in [6.07, 6.45) is 6.60. The average molecular weight is 395 g/mol. The summed E-state index contributed by atoms with van der Waals surface area (Å²) in [7, 11) is 0. The van der Waals surface area contributed by atoms with Crippen LogP contribution < -0.4 is 5.32 Å². The summed E-state index contributed by atoms with van der Waals surface area (Å²) in [5.74, 6) is 1.89. The van der Waals surface area contributed by atoms with Crippen molar-refractivity contribution in [3.05, 3.63) is 0 Å². The highest BCUT2D eigenvalue weighted by Crippen LogP contribution is 2.17. The van der Waals surface area contributed by atoms with E-state index >= 15 is 0 Å². The van der Waals surface area contributed by atoms with Gasteiger partial charge in [-0.2, -0.15) is 0 Å². The van der Waals surface area contributed by atoms with E-state index in [2.05, 4.69) is 24.1 Å². The molecule has 2 unspecified atom stereocenters. The van der Waals surface area contributed by atoms with Crippen molar-refractivity contribution < 1.29 is 4.74 Å². The van der Waals surface area contributed by atoms with E-state index in [-0.39, 0.29) is 24.0 Å². The Bertz CT molecular complexity index is 293. The van der Waals surface area contributed by atoms with Gasteiger partial charge in [0.15, 0.2) is 5.96 Å². The highest BCUT2D eigenvalue weighted by atomic mass is 127. The van der Waals surface area contributed by atoms with Gasteiger partial charge in [-0.1, -0.05) is 6.92 Å². The Kier molecular flexibility index (Phi) is 8.84. The monoisotopic (exact) mass is 395 g/mol. The van der Waals surface area contributed by atoms with Crippen LogP contribution in [0.4, 0.5) is 0 Å². The maximum absolute atomic E-state index is 5.65. The van der Waals surface area contributed by atoms with Gasteiger partial charge in [-0.15, -0.1) is 24.0 Å². The van der Waals surface area contributed by atoms with Crippen LogP contribution in [0.2, 0.25) is 0 Å². The van der Waals surface area contributed by atoms with Gasteiger partial charge in [0, 0.05) is 32.8 Å². The van der Waals surface area contributed by atoms with Crippen molar-refractivity contribution in [2.24, 2.45) is 10.9 Å². The molecule has 0 aromatic heterocycles. The van der Waals surface area contributed by atoms with Gasteiger partial charge < -0.3 is 15.0 Å². The third kappa shape index (κ3) is 5.76. The van der Waals surface area contributed by atoms with Gasteiger partial charge in [-0.25, -0.2) is 0 Å². The fraction of sp³-hybridized carbons (Fsp3) is 0.933. The first kappa shape index (κ1) is 18.0. The lowest BCUT2D eigenvalue weighted by atomic mass is 10.0. The van der Waals surface area contributed by atoms with Gasteiger partial charge in [-0.3, -0.25) is 4.99 Å². The molecule has 20 heavy (non-hydrogen) atoms. The zero-order valence-corrected chi connectivity index (χ0v) is 15.3. The molecule has 0 aromatic rings. The second-order valence-corrected chi connectivity index (χ2v) is 5.85. The number of rotatable bonds is 4. The number of nitrogens with one attached hydrogen (secondary N) is 1. The van der Waals surface area contributed by atoms with Crippen LogP contribution in [-0.4, -0.2) is 49.7 Å². The third-order valence-electron chi connectivity index (χ3n) is 4.03. The predicted molar refractivity (Wildman–Crippen MR) is 95.0 cm³/mol. The van der Waals surface area contributed by atoms with Crippen LogP contribution >= 0.6 is 24.0 Å². The minimum atomic E-state index is 0. The molecule has 0 spiro atoms. The number of guanidine groups is 1. The summed E-state index contributed by atoms with van der Waals surface area (Å²) in [6.45, 7) is 9.55. The van der Waals surface area contributed by atoms with Crippen LogP contribution in [0.5, 0.6) is 0 Å². The number of aliphatic imine (C=N–C) groups is 1. The van der Waals surface area contributed by atoms with Gasteiger partial charge in [0.2, 0.25) is 0 Å². The molecule has 0 aliphatic carbocycles. The van der Waals surface area contributed by atoms with Crippen molar-refractivity contribution in [2.45, 2.75) is 52.1 Å². The standard InChI is InChI=1S/C15H29N3O.HI/c1-3-16-15(18-10-4-6-13(2)12-18)17-9-8-14-7-5-11-19-14;/h13-14H,3-12H2,1-2H3,(H,16,17);1H. The Morgan fingerprint density at radius 3 is 2.85 bits per heavy atom. The molecule has 2 atom stereocenters. The summed E-state index contributed by atoms with van der Waals surface area (Å²) >= 11 is 0. The smallest absolute Gasteiger partial charge is 0.193 e. The Balaban J connectivity index is 0.00000200. The summed E-state index contributed by atoms with van der Waals surface area (Å²) < 4.78 is 5.65. The van der Waals surface area contributed by atoms with Crippen molar-refractivity contribution in [1.29, 1.82) is 0 Å². The number of hydrogen-bond acceptors (Lipinski definition) is 2. The fourth-order valence-corrected chi connectivity index (χ4v) is 2.99. The number of hydrogen-bond donors (Lipinski definition) is 1. The molecule has 118 valence electrons. The maximum Gasteiger partial charge on any atom is 0.193 e. The molecule has 2 fully saturated rings. The molecule has 0 aromatic carbocycles. The summed E-state index contributed by atoms with van der Waals surface area (Å²) in [5.41, 5.74) is 0. The number of likely N-dealkylation sites (tertiary alicyclic amines) is 1. The molecule has 2 saturated heterocycles. The van der Waals surface area contributed by atoms with Crippen molar-refractivity contribution in [1.82, 2.24) is 10.2 Å². The molecule has 5 heteroatoms. The normalized spacial score (nSPS) is 27.3. The molecule has 4 nitrogen and oxygen atoms in total. The molecule has 1 N–H and O–H groups in total. The predicted octanol–water partition coefficient (Wildman–Crippen LogP) is 2.87. The molecule has 2 heterocycles. The second-order valence-electron chi connectivity index (χ2n) is 5.85. The van der Waals surface area contributed by atoms with Gasteiger partial charge in [0.05, 0.1) is 6.10 Å². The largest absolute Gasteiger partial charge is 0.378 e. The van der Waals surface area contributed by atoms with Crippen LogP contribution in [0.25, 0.3) is 0 Å². The summed E-state index contributed by atoms with van der Waals surface area (Å²) in [4.78, 5) is 7.21. The van der Waals surface area contributed by atoms with E-state index in [1.165, 1.54) is 25.7 Å². The molecule has 0 bridgehead atoms. The van der Waals surface area contributed by atoms with Crippen LogP contribution in [0.3, 0.4) is 0 Å². The Hall–Kier alpha value is -0.0400. The van der Waals surface area contributed by atoms with E-state index in [9.17, 15) is 0 Å². The molecule has 0 amide bonds. The quantitative estimate of drug-likeness (QED) is 0.452. The SMILES string of the molecule is CCNC(=NCCC1CCCO1)N1CCCC(C)C1.I. The topological polar surface area (TPSA) is 36.9 Å². The molecular formula is C15H30IN3O. The first-order chi connectivity index (χ1) is 9.29. The van der Waals surface area contributed by atoms with Crippen molar-refractivity contribution in [2.75, 3.05) is 32.8 Å². The van der Waals surface area contributed by atoms with Crippen molar-refractivity contribution in [3.63, 3.8) is 0 Å². The fourth-order valence-electron chi connectivity index (χ4n) is 2.99. The summed E-state index contributed by atoms with van der Waals surface area (Å²) in [6, 6.07) is 0. The number of piperidine rings is 1. The van der Waals surface area contributed by atoms with E-state index in [1.807, 2.05) is 0 Å². The minimum Gasteiger partial charge on any atom is -0.378 e. The Labute approximate surface area is 140 Å². The highest BCUT2D eigenvalue weighted by molar-refractivity contribution is 14.0. The number of ether oxygens (including phenoxy) is 1. The van der Waals surface area contributed by atoms with Crippen LogP contribution in [0.15, 0.2) is 4.99 Å². The first-order valence-corrected chi connectivity index (χ1v) is 7.94. The van der Waals surface area contributed by atoms with Crippen LogP contribution in [-0.2, 0) is 4.74 Å². The molecule has 0 saturated carbocycles. The number of halogens is 1. The molecule has 0 radical (unpaired) electrons. The first-order valence-electron chi connectivity index (χ1n) is 7.94. The van der Waals surface area contributed by atoms with E-state index in [4.69, 9.17) is 9.73 Å². The van der Waals surface area contributed by atoms with E-state index in [1.54, 1.807) is 0 Å². The summed E-state index contributed by atoms with van der Waals surface area (Å²) in [5, 5.41) is 3.43. The maximum atomic E-state index is 5.65. The molecule has 2 aliphatic heterocycles. The Morgan fingerprint density at radius 1 is 1.35 bits per heavy atom. The zero-order chi connectivity index (χ0) is 13.5. The van der Waals surface area contributed by atoms with Crippen LogP contribution in [0, 0.1) is 5.92 Å². The molecule has 2 aliphatic rings. The average Bonchev–Trinajstić information content (AvgIpc) is 2.91.